The summed E-state index contributed by atoms with van der Waals surface area (Å²) in [7, 11) is 0. The lowest BCUT2D eigenvalue weighted by Gasteiger charge is -2.39. The first-order valence-electron chi connectivity index (χ1n) is 6.26. The molecule has 4 nitrogen and oxygen atoms in total. The first-order valence-corrected chi connectivity index (χ1v) is 6.26. The van der Waals surface area contributed by atoms with Gasteiger partial charge in [-0.2, -0.15) is 0 Å². The van der Waals surface area contributed by atoms with E-state index in [1.54, 1.807) is 0 Å². The fraction of sp³-hybridized carbons (Fsp3) is 0.917. The minimum absolute atomic E-state index is 0.433. The van der Waals surface area contributed by atoms with Crippen molar-refractivity contribution < 1.29 is 9.90 Å². The molecule has 1 heterocycles. The van der Waals surface area contributed by atoms with E-state index in [-0.39, 0.29) is 0 Å². The number of nitrogens with one attached hydrogen (secondary N) is 1. The summed E-state index contributed by atoms with van der Waals surface area (Å²) in [5, 5.41) is 12.1. The number of aliphatic carboxylic acids is 1. The molecule has 0 spiro atoms. The number of hydrogen-bond acceptors (Lipinski definition) is 3. The van der Waals surface area contributed by atoms with Crippen LogP contribution in [0.3, 0.4) is 0 Å². The fourth-order valence-electron chi connectivity index (χ4n) is 2.39. The van der Waals surface area contributed by atoms with E-state index in [1.165, 1.54) is 12.8 Å². The molecule has 1 saturated heterocycles. The number of piperidine rings is 1. The number of likely N-dealkylation sites (tertiary alicyclic amines) is 1. The van der Waals surface area contributed by atoms with Gasteiger partial charge in [-0.25, -0.2) is 0 Å². The minimum atomic E-state index is -0.743. The van der Waals surface area contributed by atoms with E-state index in [2.05, 4.69) is 24.1 Å². The number of carbonyl (C=O) groups is 1. The maximum atomic E-state index is 11.1. The zero-order chi connectivity index (χ0) is 12.1. The lowest BCUT2D eigenvalue weighted by atomic mass is 9.92. The van der Waals surface area contributed by atoms with Crippen LogP contribution < -0.4 is 5.32 Å². The molecule has 0 aromatic carbocycles. The summed E-state index contributed by atoms with van der Waals surface area (Å²) >= 11 is 0. The van der Waals surface area contributed by atoms with Crippen molar-refractivity contribution in [3.8, 4) is 0 Å². The molecule has 0 amide bonds. The number of nitrogens with zero attached hydrogens (tertiary/aromatic N) is 1. The Morgan fingerprint density at radius 2 is 2.25 bits per heavy atom. The molecule has 4 heteroatoms. The largest absolute Gasteiger partial charge is 0.480 e. The highest BCUT2D eigenvalue weighted by Gasteiger charge is 2.28. The van der Waals surface area contributed by atoms with Gasteiger partial charge in [-0.1, -0.05) is 13.8 Å². The Kier molecular flexibility index (Phi) is 5.22. The summed E-state index contributed by atoms with van der Waals surface area (Å²) < 4.78 is 0. The van der Waals surface area contributed by atoms with Crippen molar-refractivity contribution in [3.63, 3.8) is 0 Å². The van der Waals surface area contributed by atoms with Crippen LogP contribution in [0.25, 0.3) is 0 Å². The molecule has 16 heavy (non-hydrogen) atoms. The van der Waals surface area contributed by atoms with E-state index >= 15 is 0 Å². The Morgan fingerprint density at radius 1 is 1.56 bits per heavy atom. The van der Waals surface area contributed by atoms with Crippen molar-refractivity contribution in [2.45, 2.75) is 45.7 Å². The Bertz CT molecular complexity index is 233. The summed E-state index contributed by atoms with van der Waals surface area (Å²) in [6.45, 7) is 8.75. The van der Waals surface area contributed by atoms with Gasteiger partial charge in [0.25, 0.3) is 0 Å². The monoisotopic (exact) mass is 228 g/mol. The van der Waals surface area contributed by atoms with Crippen LogP contribution in [0.4, 0.5) is 0 Å². The van der Waals surface area contributed by atoms with Crippen LogP contribution in [0.15, 0.2) is 0 Å². The van der Waals surface area contributed by atoms with Crippen molar-refractivity contribution in [3.05, 3.63) is 0 Å². The van der Waals surface area contributed by atoms with E-state index < -0.39 is 12.0 Å². The molecule has 0 aliphatic carbocycles. The summed E-state index contributed by atoms with van der Waals surface area (Å²) in [5.41, 5.74) is 0. The van der Waals surface area contributed by atoms with Crippen molar-refractivity contribution >= 4 is 5.97 Å². The number of carboxylic acid groups (broad SMARTS) is 1. The van der Waals surface area contributed by atoms with Gasteiger partial charge in [-0.3, -0.25) is 9.69 Å². The van der Waals surface area contributed by atoms with Crippen LogP contribution >= 0.6 is 0 Å². The van der Waals surface area contributed by atoms with Crippen LogP contribution in [-0.4, -0.2) is 47.7 Å². The van der Waals surface area contributed by atoms with Gasteiger partial charge in [-0.15, -0.1) is 0 Å². The highest BCUT2D eigenvalue weighted by atomic mass is 16.4. The molecular weight excluding hydrogens is 204 g/mol. The predicted octanol–water partition coefficient (Wildman–Crippen LogP) is 1.17. The third-order valence-corrected chi connectivity index (χ3v) is 3.67. The second-order valence-corrected chi connectivity index (χ2v) is 4.80. The van der Waals surface area contributed by atoms with Gasteiger partial charge in [0.1, 0.15) is 6.04 Å². The highest BCUT2D eigenvalue weighted by Crippen LogP contribution is 2.22. The van der Waals surface area contributed by atoms with Gasteiger partial charge < -0.3 is 10.4 Å². The van der Waals surface area contributed by atoms with E-state index in [0.29, 0.717) is 25.0 Å². The average molecular weight is 228 g/mol. The molecule has 3 atom stereocenters. The molecule has 1 aliphatic rings. The predicted molar refractivity (Wildman–Crippen MR) is 64.5 cm³/mol. The van der Waals surface area contributed by atoms with E-state index in [0.717, 1.165) is 6.54 Å². The Balaban J connectivity index is 2.52. The summed E-state index contributed by atoms with van der Waals surface area (Å²) in [6, 6.07) is 0.0620. The molecule has 1 rings (SSSR count). The minimum Gasteiger partial charge on any atom is -0.480 e. The van der Waals surface area contributed by atoms with Gasteiger partial charge in [0.15, 0.2) is 0 Å². The number of rotatable bonds is 5. The summed E-state index contributed by atoms with van der Waals surface area (Å²) in [6.07, 6.45) is 2.45. The summed E-state index contributed by atoms with van der Waals surface area (Å²) in [4.78, 5) is 13.4. The third kappa shape index (κ3) is 3.46. The molecule has 0 saturated carbocycles. The average Bonchev–Trinajstić information content (AvgIpc) is 2.23. The van der Waals surface area contributed by atoms with Crippen molar-refractivity contribution in [1.82, 2.24) is 10.2 Å². The van der Waals surface area contributed by atoms with Crippen LogP contribution in [0.1, 0.15) is 33.6 Å². The highest BCUT2D eigenvalue weighted by molar-refractivity contribution is 5.73. The lowest BCUT2D eigenvalue weighted by Crippen LogP contribution is -2.51. The van der Waals surface area contributed by atoms with E-state index in [9.17, 15) is 4.79 Å². The molecule has 0 aromatic rings. The zero-order valence-electron chi connectivity index (χ0n) is 10.6. The van der Waals surface area contributed by atoms with Crippen LogP contribution in [0, 0.1) is 5.92 Å². The Hall–Kier alpha value is -0.610. The zero-order valence-corrected chi connectivity index (χ0v) is 10.6. The quantitative estimate of drug-likeness (QED) is 0.741. The second-order valence-electron chi connectivity index (χ2n) is 4.80. The van der Waals surface area contributed by atoms with Crippen molar-refractivity contribution in [1.29, 1.82) is 0 Å². The van der Waals surface area contributed by atoms with E-state index in [4.69, 9.17) is 5.11 Å². The topological polar surface area (TPSA) is 52.6 Å². The van der Waals surface area contributed by atoms with Crippen molar-refractivity contribution in [2.75, 3.05) is 19.6 Å². The molecule has 94 valence electrons. The van der Waals surface area contributed by atoms with Crippen LogP contribution in [0.5, 0.6) is 0 Å². The Morgan fingerprint density at radius 3 is 2.81 bits per heavy atom. The molecule has 0 radical (unpaired) electrons. The van der Waals surface area contributed by atoms with Gasteiger partial charge >= 0.3 is 5.97 Å². The molecule has 1 aliphatic heterocycles. The SMILES string of the molecule is CCNC(CN1CCCC(C)C1C)C(=O)O. The smallest absolute Gasteiger partial charge is 0.322 e. The molecule has 0 aromatic heterocycles. The van der Waals surface area contributed by atoms with Crippen LogP contribution in [0.2, 0.25) is 0 Å². The van der Waals surface area contributed by atoms with Crippen molar-refractivity contribution in [2.24, 2.45) is 5.92 Å². The van der Waals surface area contributed by atoms with Crippen LogP contribution in [-0.2, 0) is 4.79 Å². The molecule has 2 N–H and O–H groups in total. The van der Waals surface area contributed by atoms with Gasteiger partial charge in [-0.05, 0) is 38.8 Å². The Labute approximate surface area is 98.0 Å². The molecule has 3 unspecified atom stereocenters. The molecular formula is C12H24N2O2. The van der Waals surface area contributed by atoms with Gasteiger partial charge in [0.2, 0.25) is 0 Å². The van der Waals surface area contributed by atoms with Gasteiger partial charge in [0.05, 0.1) is 0 Å². The fourth-order valence-corrected chi connectivity index (χ4v) is 2.39. The standard InChI is InChI=1S/C12H24N2O2/c1-4-13-11(12(15)16)8-14-7-5-6-9(2)10(14)3/h9-11,13H,4-8H2,1-3H3,(H,15,16). The summed E-state index contributed by atoms with van der Waals surface area (Å²) in [5.74, 6) is -0.0721. The maximum absolute atomic E-state index is 11.1. The van der Waals surface area contributed by atoms with Gasteiger partial charge in [0, 0.05) is 12.6 Å². The molecule has 0 bridgehead atoms. The first kappa shape index (κ1) is 13.5. The number of carboxylic acids is 1. The lowest BCUT2D eigenvalue weighted by molar-refractivity contribution is -0.140. The second kappa shape index (κ2) is 6.21. The first-order chi connectivity index (χ1) is 7.56. The normalized spacial score (nSPS) is 28.9. The number of likely N-dealkylation sites (N-methyl/N-ethyl adjacent to an activating group) is 1. The van der Waals surface area contributed by atoms with E-state index in [1.807, 2.05) is 6.92 Å². The number of hydrogen-bond donors (Lipinski definition) is 2. The third-order valence-electron chi connectivity index (χ3n) is 3.67. The maximum Gasteiger partial charge on any atom is 0.322 e. The molecule has 1 fully saturated rings.